The van der Waals surface area contributed by atoms with Crippen LogP contribution in [0.3, 0.4) is 0 Å². The van der Waals surface area contributed by atoms with Gasteiger partial charge in [0.15, 0.2) is 0 Å². The van der Waals surface area contributed by atoms with Gasteiger partial charge in [-0.1, -0.05) is 74.3 Å². The van der Waals surface area contributed by atoms with Crippen molar-refractivity contribution in [1.29, 1.82) is 0 Å². The molecule has 0 unspecified atom stereocenters. The predicted octanol–water partition coefficient (Wildman–Crippen LogP) is 8.91. The molecule has 8 nitrogen and oxygen atoms in total. The molecule has 2 aliphatic rings. The summed E-state index contributed by atoms with van der Waals surface area (Å²) in [4.78, 5) is 38.2. The van der Waals surface area contributed by atoms with Crippen LogP contribution in [0.25, 0.3) is 0 Å². The zero-order valence-electron chi connectivity index (χ0n) is 28.2. The number of amides is 3. The molecule has 0 aromatic heterocycles. The van der Waals surface area contributed by atoms with Crippen LogP contribution < -0.4 is 4.74 Å². The molecule has 10 heteroatoms. The zero-order chi connectivity index (χ0) is 34.1. The van der Waals surface area contributed by atoms with Crippen LogP contribution in [0.15, 0.2) is 71.7 Å². The first kappa shape index (κ1) is 34.6. The first-order chi connectivity index (χ1) is 22.2. The Labute approximate surface area is 288 Å². The third-order valence-electron chi connectivity index (χ3n) is 8.29. The molecule has 3 aromatic carbocycles. The van der Waals surface area contributed by atoms with Gasteiger partial charge in [-0.2, -0.15) is 0 Å². The van der Waals surface area contributed by atoms with Gasteiger partial charge in [0.25, 0.3) is 0 Å². The molecule has 0 saturated carbocycles. The number of rotatable bonds is 5. The molecule has 2 aliphatic heterocycles. The van der Waals surface area contributed by atoms with Crippen LogP contribution in [0, 0.1) is 0 Å². The van der Waals surface area contributed by atoms with Crippen molar-refractivity contribution in [2.45, 2.75) is 71.6 Å². The second-order valence-corrected chi connectivity index (χ2v) is 14.8. The van der Waals surface area contributed by atoms with Crippen LogP contribution in [0.1, 0.15) is 82.8 Å². The Hall–Kier alpha value is -3.75. The first-order valence-electron chi connectivity index (χ1n) is 16.1. The Morgan fingerprint density at radius 3 is 1.89 bits per heavy atom. The van der Waals surface area contributed by atoms with Crippen LogP contribution in [0.2, 0.25) is 10.0 Å². The van der Waals surface area contributed by atoms with E-state index in [0.29, 0.717) is 54.4 Å². The minimum atomic E-state index is -0.603. The third kappa shape index (κ3) is 7.87. The summed E-state index contributed by atoms with van der Waals surface area (Å²) in [6.07, 6.45) is -0.379. The highest BCUT2D eigenvalue weighted by molar-refractivity contribution is 6.30. The number of hydrogen-bond donors (Lipinski definition) is 0. The van der Waals surface area contributed by atoms with Crippen molar-refractivity contribution in [3.05, 3.63) is 99.0 Å². The summed E-state index contributed by atoms with van der Waals surface area (Å²) in [5.41, 5.74) is 2.94. The number of urea groups is 1. The monoisotopic (exact) mass is 678 g/mol. The lowest BCUT2D eigenvalue weighted by Crippen LogP contribution is -2.55. The van der Waals surface area contributed by atoms with Gasteiger partial charge in [-0.3, -0.25) is 9.89 Å². The number of nitrogens with zero attached hydrogens (tertiary/aromatic N) is 4. The smallest absolute Gasteiger partial charge is 0.410 e. The van der Waals surface area contributed by atoms with Crippen LogP contribution in [-0.2, 0) is 10.2 Å². The van der Waals surface area contributed by atoms with Crippen LogP contribution in [0.4, 0.5) is 9.59 Å². The normalized spacial score (nSPS) is 18.7. The Morgan fingerprint density at radius 2 is 1.36 bits per heavy atom. The largest absolute Gasteiger partial charge is 0.493 e. The molecule has 1 saturated heterocycles. The molecule has 1 fully saturated rings. The molecule has 0 aliphatic carbocycles. The highest BCUT2D eigenvalue weighted by atomic mass is 35.5. The average molecular weight is 680 g/mol. The lowest BCUT2D eigenvalue weighted by molar-refractivity contribution is 0.0161. The first-order valence-corrected chi connectivity index (χ1v) is 16.8. The topological polar surface area (TPSA) is 74.7 Å². The van der Waals surface area contributed by atoms with Crippen molar-refractivity contribution in [3.8, 4) is 5.75 Å². The van der Waals surface area contributed by atoms with E-state index < -0.39 is 17.7 Å². The Bertz CT molecular complexity index is 1620. The predicted molar refractivity (Wildman–Crippen MR) is 188 cm³/mol. The molecular formula is C37H44Cl2N4O4. The van der Waals surface area contributed by atoms with Crippen molar-refractivity contribution >= 4 is 41.2 Å². The van der Waals surface area contributed by atoms with Gasteiger partial charge in [0.1, 0.15) is 23.2 Å². The standard InChI is InChI=1S/C37H44Cl2N4O4/c1-8-46-30-23-26(36(2,3)4)13-18-29(30)33-40-31(24-9-14-27(38)15-10-24)32(25-11-16-28(39)17-12-25)43(33)34(44)41-19-21-42(22-20-41)35(45)47-37(5,6)7/h9-18,23,31-32H,8,19-22H2,1-7H3/t31-,32+/m0/s1. The van der Waals surface area contributed by atoms with E-state index >= 15 is 0 Å². The minimum absolute atomic E-state index is 0.108. The summed E-state index contributed by atoms with van der Waals surface area (Å²) in [6, 6.07) is 20.2. The van der Waals surface area contributed by atoms with E-state index in [4.69, 9.17) is 37.7 Å². The molecule has 0 N–H and O–H groups in total. The summed E-state index contributed by atoms with van der Waals surface area (Å²) in [7, 11) is 0. The van der Waals surface area contributed by atoms with Crippen LogP contribution in [-0.4, -0.2) is 71.0 Å². The summed E-state index contributed by atoms with van der Waals surface area (Å²) in [6.45, 7) is 15.8. The van der Waals surface area contributed by atoms with Gasteiger partial charge in [-0.25, -0.2) is 9.59 Å². The van der Waals surface area contributed by atoms with E-state index in [9.17, 15) is 9.59 Å². The summed E-state index contributed by atoms with van der Waals surface area (Å²) < 4.78 is 11.8. The highest BCUT2D eigenvalue weighted by Crippen LogP contribution is 2.46. The van der Waals surface area contributed by atoms with E-state index in [-0.39, 0.29) is 17.5 Å². The highest BCUT2D eigenvalue weighted by Gasteiger charge is 2.45. The number of carbonyl (C=O) groups excluding carboxylic acids is 2. The number of hydrogen-bond acceptors (Lipinski definition) is 5. The number of aliphatic imine (C=N–C) groups is 1. The SMILES string of the molecule is CCOc1cc(C(C)(C)C)ccc1C1=N[C@@H](c2ccc(Cl)cc2)[C@@H](c2ccc(Cl)cc2)N1C(=O)N1CCN(C(=O)OC(C)(C)C)CC1. The van der Waals surface area contributed by atoms with Gasteiger partial charge >= 0.3 is 12.1 Å². The molecular weight excluding hydrogens is 635 g/mol. The van der Waals surface area contributed by atoms with E-state index in [0.717, 1.165) is 22.3 Å². The van der Waals surface area contributed by atoms with Gasteiger partial charge in [0.2, 0.25) is 0 Å². The third-order valence-corrected chi connectivity index (χ3v) is 8.79. The number of piperazine rings is 1. The maximum Gasteiger partial charge on any atom is 0.410 e. The van der Waals surface area contributed by atoms with Crippen molar-refractivity contribution in [2.75, 3.05) is 32.8 Å². The fourth-order valence-electron chi connectivity index (χ4n) is 5.86. The van der Waals surface area contributed by atoms with Gasteiger partial charge in [-0.15, -0.1) is 0 Å². The molecule has 47 heavy (non-hydrogen) atoms. The number of benzene rings is 3. The minimum Gasteiger partial charge on any atom is -0.493 e. The summed E-state index contributed by atoms with van der Waals surface area (Å²) in [5, 5.41) is 1.22. The second-order valence-electron chi connectivity index (χ2n) is 13.9. The lowest BCUT2D eigenvalue weighted by atomic mass is 9.86. The number of amidine groups is 1. The molecule has 5 rings (SSSR count). The molecule has 2 atom stereocenters. The van der Waals surface area contributed by atoms with E-state index in [2.05, 4.69) is 32.9 Å². The maximum atomic E-state index is 14.8. The number of ether oxygens (including phenoxy) is 2. The fourth-order valence-corrected chi connectivity index (χ4v) is 6.11. The fraction of sp³-hybridized carbons (Fsp3) is 0.432. The number of carbonyl (C=O) groups is 2. The molecule has 0 bridgehead atoms. The Balaban J connectivity index is 1.60. The van der Waals surface area contributed by atoms with Crippen molar-refractivity contribution < 1.29 is 19.1 Å². The van der Waals surface area contributed by atoms with Crippen molar-refractivity contribution in [1.82, 2.24) is 14.7 Å². The average Bonchev–Trinajstić information content (AvgIpc) is 3.40. The van der Waals surface area contributed by atoms with Crippen molar-refractivity contribution in [3.63, 3.8) is 0 Å². The lowest BCUT2D eigenvalue weighted by Gasteiger charge is -2.39. The zero-order valence-corrected chi connectivity index (χ0v) is 29.7. The Kier molecular flexibility index (Phi) is 10.1. The molecule has 250 valence electrons. The van der Waals surface area contributed by atoms with Gasteiger partial charge < -0.3 is 19.3 Å². The van der Waals surface area contributed by atoms with Gasteiger partial charge in [0, 0.05) is 36.2 Å². The quantitative estimate of drug-likeness (QED) is 0.270. The van der Waals surface area contributed by atoms with Crippen molar-refractivity contribution in [2.24, 2.45) is 4.99 Å². The van der Waals surface area contributed by atoms with Crippen LogP contribution >= 0.6 is 23.2 Å². The van der Waals surface area contributed by atoms with Gasteiger partial charge in [-0.05, 0) is 86.2 Å². The van der Waals surface area contributed by atoms with Gasteiger partial charge in [0.05, 0.1) is 18.2 Å². The number of halogens is 2. The summed E-state index contributed by atoms with van der Waals surface area (Å²) in [5.74, 6) is 1.19. The molecule has 0 spiro atoms. The molecule has 3 amide bonds. The molecule has 3 aromatic rings. The Morgan fingerprint density at radius 1 is 0.809 bits per heavy atom. The van der Waals surface area contributed by atoms with E-state index in [1.165, 1.54) is 0 Å². The molecule has 2 heterocycles. The maximum absolute atomic E-state index is 14.8. The summed E-state index contributed by atoms with van der Waals surface area (Å²) >= 11 is 12.6. The molecule has 0 radical (unpaired) electrons. The second kappa shape index (κ2) is 13.8. The van der Waals surface area contributed by atoms with Crippen LogP contribution in [0.5, 0.6) is 5.75 Å². The van der Waals surface area contributed by atoms with E-state index in [1.54, 1.807) is 14.7 Å². The van der Waals surface area contributed by atoms with E-state index in [1.807, 2.05) is 82.3 Å².